The van der Waals surface area contributed by atoms with E-state index in [1.54, 1.807) is 0 Å². The number of rotatable bonds is 5. The molecule has 0 atom stereocenters. The quantitative estimate of drug-likeness (QED) is 0.450. The van der Waals surface area contributed by atoms with Gasteiger partial charge in [0.2, 0.25) is 0 Å². The van der Waals surface area contributed by atoms with Crippen LogP contribution in [-0.4, -0.2) is 34.6 Å². The maximum absolute atomic E-state index is 4.51. The second-order valence-electron chi connectivity index (χ2n) is 6.68. The van der Waals surface area contributed by atoms with Crippen molar-refractivity contribution in [3.05, 3.63) is 72.6 Å². The molecule has 0 aliphatic heterocycles. The van der Waals surface area contributed by atoms with Crippen LogP contribution in [0.4, 0.5) is 0 Å². The Morgan fingerprint density at radius 3 is 2.62 bits per heavy atom. The summed E-state index contributed by atoms with van der Waals surface area (Å²) in [6, 6.07) is 18.8. The van der Waals surface area contributed by atoms with Gasteiger partial charge in [-0.25, -0.2) is 0 Å². The van der Waals surface area contributed by atoms with Crippen LogP contribution in [0.3, 0.4) is 0 Å². The minimum absolute atomic E-state index is 0.556. The summed E-state index contributed by atoms with van der Waals surface area (Å²) in [6.07, 6.45) is 5.00. The molecule has 2 aromatic heterocycles. The monoisotopic (exact) mass is 404 g/mol. The molecule has 0 saturated carbocycles. The van der Waals surface area contributed by atoms with Crippen molar-refractivity contribution in [3.8, 4) is 16.9 Å². The Morgan fingerprint density at radius 1 is 1.00 bits per heavy atom. The van der Waals surface area contributed by atoms with Crippen molar-refractivity contribution in [1.82, 2.24) is 20.0 Å². The number of hydrogen-bond acceptors (Lipinski definition) is 3. The Labute approximate surface area is 158 Å². The molecule has 0 aliphatic rings. The van der Waals surface area contributed by atoms with Gasteiger partial charge in [0.1, 0.15) is 0 Å². The fourth-order valence-corrected chi connectivity index (χ4v) is 4.38. The van der Waals surface area contributed by atoms with E-state index in [9.17, 15) is 0 Å². The van der Waals surface area contributed by atoms with Crippen LogP contribution in [0.15, 0.2) is 67.0 Å². The number of aryl methyl sites for hydroxylation is 1. The number of fused-ring (bicyclic) bond motifs is 1. The molecule has 0 aliphatic carbocycles. The van der Waals surface area contributed by atoms with Crippen LogP contribution < -0.4 is 0 Å². The van der Waals surface area contributed by atoms with Crippen LogP contribution in [0.25, 0.3) is 27.8 Å². The second-order valence-corrected chi connectivity index (χ2v) is 12.2. The van der Waals surface area contributed by atoms with E-state index in [1.165, 1.54) is 17.2 Å². The summed E-state index contributed by atoms with van der Waals surface area (Å²) >= 11 is -0.556. The average molecular weight is 404 g/mol. The predicted molar refractivity (Wildman–Crippen MR) is 108 cm³/mol. The molecule has 0 N–H and O–H groups in total. The van der Waals surface area contributed by atoms with E-state index in [0.717, 1.165) is 27.8 Å². The number of nitrogens with zero attached hydrogens (tertiary/aromatic N) is 4. The SMILES string of the molecule is C[As](C)CCc1ccc(-n2cc(-c3cnc4ccccc4c3)nn2)cc1. The molecule has 4 nitrogen and oxygen atoms in total. The van der Waals surface area contributed by atoms with E-state index in [2.05, 4.69) is 63.1 Å². The van der Waals surface area contributed by atoms with Gasteiger partial charge < -0.3 is 0 Å². The molecule has 0 spiro atoms. The van der Waals surface area contributed by atoms with Crippen LogP contribution in [-0.2, 0) is 6.42 Å². The van der Waals surface area contributed by atoms with Crippen LogP contribution in [0.2, 0.25) is 16.6 Å². The molecule has 2 heterocycles. The van der Waals surface area contributed by atoms with Crippen LogP contribution in [0, 0.1) is 0 Å². The predicted octanol–water partition coefficient (Wildman–Crippen LogP) is 4.78. The first-order chi connectivity index (χ1) is 12.7. The molecule has 4 rings (SSSR count). The van der Waals surface area contributed by atoms with E-state index in [-0.39, 0.29) is 0 Å². The number of para-hydroxylation sites is 1. The fourth-order valence-electron chi connectivity index (χ4n) is 2.90. The number of aromatic nitrogens is 4. The third-order valence-corrected chi connectivity index (χ3v) is 6.77. The molecule has 0 fully saturated rings. The van der Waals surface area contributed by atoms with Gasteiger partial charge in [0, 0.05) is 0 Å². The normalized spacial score (nSPS) is 11.3. The van der Waals surface area contributed by atoms with Crippen LogP contribution in [0.5, 0.6) is 0 Å². The topological polar surface area (TPSA) is 43.6 Å². The molecule has 5 heteroatoms. The van der Waals surface area contributed by atoms with Gasteiger partial charge in [-0.3, -0.25) is 0 Å². The molecular weight excluding hydrogens is 383 g/mol. The molecule has 130 valence electrons. The van der Waals surface area contributed by atoms with E-state index in [0.29, 0.717) is 0 Å². The summed E-state index contributed by atoms with van der Waals surface area (Å²) in [5.74, 6) is 0. The van der Waals surface area contributed by atoms with Gasteiger partial charge in [-0.1, -0.05) is 18.2 Å². The summed E-state index contributed by atoms with van der Waals surface area (Å²) in [5.41, 5.74) is 10.0. The summed E-state index contributed by atoms with van der Waals surface area (Å²) in [6.45, 7) is 0. The Balaban J connectivity index is 1.57. The molecule has 0 radical (unpaired) electrons. The van der Waals surface area contributed by atoms with E-state index in [1.807, 2.05) is 35.3 Å². The van der Waals surface area contributed by atoms with E-state index >= 15 is 0 Å². The zero-order chi connectivity index (χ0) is 17.9. The molecular formula is C21H21AsN4. The molecule has 0 bridgehead atoms. The number of pyridine rings is 1. The van der Waals surface area contributed by atoms with Gasteiger partial charge in [-0.05, 0) is 6.07 Å². The third-order valence-electron chi connectivity index (χ3n) is 4.43. The Bertz CT molecular complexity index is 1020. The molecule has 26 heavy (non-hydrogen) atoms. The number of benzene rings is 2. The Morgan fingerprint density at radius 2 is 1.81 bits per heavy atom. The van der Waals surface area contributed by atoms with Crippen molar-refractivity contribution >= 4 is 25.6 Å². The third kappa shape index (κ3) is 3.71. The Hall–Kier alpha value is -2.45. The van der Waals surface area contributed by atoms with Gasteiger partial charge >= 0.3 is 128 Å². The minimum atomic E-state index is -0.556. The van der Waals surface area contributed by atoms with E-state index in [4.69, 9.17) is 0 Å². The van der Waals surface area contributed by atoms with Crippen molar-refractivity contribution in [2.75, 3.05) is 0 Å². The van der Waals surface area contributed by atoms with Gasteiger partial charge in [-0.15, -0.1) is 0 Å². The molecule has 0 saturated heterocycles. The maximum atomic E-state index is 4.51. The summed E-state index contributed by atoms with van der Waals surface area (Å²) in [7, 11) is 0. The first kappa shape index (κ1) is 17.0. The molecule has 4 aromatic rings. The van der Waals surface area contributed by atoms with Crippen molar-refractivity contribution in [1.29, 1.82) is 0 Å². The summed E-state index contributed by atoms with van der Waals surface area (Å²) < 4.78 is 1.83. The Kier molecular flexibility index (Phi) is 4.85. The van der Waals surface area contributed by atoms with Crippen molar-refractivity contribution < 1.29 is 0 Å². The zero-order valence-corrected chi connectivity index (χ0v) is 16.9. The van der Waals surface area contributed by atoms with Gasteiger partial charge in [0.25, 0.3) is 0 Å². The summed E-state index contributed by atoms with van der Waals surface area (Å²) in [5, 5.41) is 11.1. The number of hydrogen-bond donors (Lipinski definition) is 0. The van der Waals surface area contributed by atoms with Crippen LogP contribution in [0.1, 0.15) is 5.56 Å². The first-order valence-corrected chi connectivity index (χ1v) is 13.8. The molecule has 0 amide bonds. The van der Waals surface area contributed by atoms with Gasteiger partial charge in [0.05, 0.1) is 5.52 Å². The molecule has 0 unspecified atom stereocenters. The fraction of sp³-hybridized carbons (Fsp3) is 0.190. The van der Waals surface area contributed by atoms with Gasteiger partial charge in [0.15, 0.2) is 0 Å². The van der Waals surface area contributed by atoms with E-state index < -0.39 is 14.7 Å². The first-order valence-electron chi connectivity index (χ1n) is 8.70. The molecule has 2 aromatic carbocycles. The standard InChI is InChI=1S/C21H21AsN4/c1-22(2)12-11-16-7-9-19(10-8-16)26-15-21(24-25-26)18-13-17-5-3-4-6-20(17)23-14-18/h3-10,13-15H,11-12H2,1-2H3. The zero-order valence-electron chi connectivity index (χ0n) is 15.0. The average Bonchev–Trinajstić information content (AvgIpc) is 3.16. The second kappa shape index (κ2) is 7.43. The van der Waals surface area contributed by atoms with Crippen molar-refractivity contribution in [2.24, 2.45) is 0 Å². The summed E-state index contributed by atoms with van der Waals surface area (Å²) in [4.78, 5) is 4.51. The van der Waals surface area contributed by atoms with Crippen LogP contribution >= 0.6 is 0 Å². The van der Waals surface area contributed by atoms with Crippen molar-refractivity contribution in [3.63, 3.8) is 0 Å². The van der Waals surface area contributed by atoms with Gasteiger partial charge in [-0.2, -0.15) is 0 Å². The van der Waals surface area contributed by atoms with Crippen molar-refractivity contribution in [2.45, 2.75) is 23.1 Å².